The minimum atomic E-state index is -0.786. The van der Waals surface area contributed by atoms with Crippen LogP contribution in [0.1, 0.15) is 173 Å². The molecule has 20 atom stereocenters. The van der Waals surface area contributed by atoms with Gasteiger partial charge < -0.3 is 10.2 Å². The van der Waals surface area contributed by atoms with E-state index in [-0.39, 0.29) is 81.2 Å². The summed E-state index contributed by atoms with van der Waals surface area (Å²) in [6.45, 7) is 28.8. The Hall–Kier alpha value is -2.94. The van der Waals surface area contributed by atoms with E-state index in [4.69, 9.17) is 0 Å². The van der Waals surface area contributed by atoms with Crippen LogP contribution in [-0.2, 0) is 35.2 Å². The first-order valence-electron chi connectivity index (χ1n) is 31.2. The number of rotatable bonds is 15. The second-order valence-corrected chi connectivity index (χ2v) is 32.3. The second-order valence-electron chi connectivity index (χ2n) is 29.6. The van der Waals surface area contributed by atoms with Gasteiger partial charge in [0.25, 0.3) is 0 Å². The maximum absolute atomic E-state index is 15.4. The lowest BCUT2D eigenvalue weighted by Crippen LogP contribution is -2.76. The molecule has 12 nitrogen and oxygen atoms in total. The third-order valence-electron chi connectivity index (χ3n) is 26.1. The third-order valence-corrected chi connectivity index (χ3v) is 28.4. The van der Waals surface area contributed by atoms with Crippen LogP contribution in [0.3, 0.4) is 0 Å². The molecule has 430 valence electrons. The summed E-state index contributed by atoms with van der Waals surface area (Å²) >= 11 is 0. The highest BCUT2D eigenvalue weighted by molar-refractivity contribution is 8.76. The van der Waals surface area contributed by atoms with E-state index in [1.54, 1.807) is 21.6 Å². The first-order valence-corrected chi connectivity index (χ1v) is 33.6. The van der Waals surface area contributed by atoms with Gasteiger partial charge in [-0.2, -0.15) is 0 Å². The van der Waals surface area contributed by atoms with E-state index in [0.29, 0.717) is 84.5 Å². The Labute approximate surface area is 472 Å². The monoisotopic (exact) mass is 1110 g/mol. The highest BCUT2D eigenvalue weighted by atomic mass is 33.1. The number of hydrogen-bond acceptors (Lipinski definition) is 8. The highest BCUT2D eigenvalue weighted by Gasteiger charge is 2.77. The zero-order valence-electron chi connectivity index (χ0n) is 49.5. The van der Waals surface area contributed by atoms with Crippen LogP contribution in [0.2, 0.25) is 0 Å². The molecule has 0 aromatic carbocycles. The van der Waals surface area contributed by atoms with Crippen molar-refractivity contribution in [1.29, 1.82) is 0 Å². The average Bonchev–Trinajstić information content (AvgIpc) is 1.55. The van der Waals surface area contributed by atoms with E-state index < -0.39 is 34.4 Å². The molecule has 0 radical (unpaired) electrons. The van der Waals surface area contributed by atoms with Crippen molar-refractivity contribution in [1.82, 2.24) is 27.9 Å². The summed E-state index contributed by atoms with van der Waals surface area (Å²) in [5.41, 5.74) is -4.44. The fraction of sp³-hybridized carbons (Fsp3) is 0.812. The summed E-state index contributed by atoms with van der Waals surface area (Å²) in [5.74, 6) is 5.67. The van der Waals surface area contributed by atoms with E-state index in [1.807, 2.05) is 18.7 Å². The quantitative estimate of drug-likeness (QED) is 0.102. The Kier molecular flexibility index (Phi) is 13.4. The number of nitrogens with zero attached hydrogens (tertiary/aromatic N) is 6. The Bertz CT molecular complexity index is 2880. The van der Waals surface area contributed by atoms with Gasteiger partial charge in [0.05, 0.1) is 34.4 Å². The lowest BCUT2D eigenvalue weighted by molar-refractivity contribution is -0.199. The van der Waals surface area contributed by atoms with Crippen molar-refractivity contribution in [2.24, 2.45) is 92.7 Å². The molecule has 4 bridgehead atoms. The van der Waals surface area contributed by atoms with E-state index in [9.17, 15) is 10.2 Å². The summed E-state index contributed by atoms with van der Waals surface area (Å²) in [5, 5.41) is 22.8. The standard InChI is InChI=1S/C64H96N6O6S2/c1-39(2)41(5)13-15-43(7)47-17-19-49-57(47,9)25-23-51-59(11)27-21-45(71)37-61(59)29-31-63(49,51)69-55(75)65(53(73)67(61)69)33-35-77-78-36-34-66-54(74)68-62-30-32-64(70(68)56(66)76)50-20-18-48(44(8)16-14-42(6)40(3)4)58(50,10)26-24-52(64)60(62,12)28-22-46(72)38-62/h13-16,29-32,39-52,71-72H,17-28,33-38H2,1-12H3/b15-13+,16-14+/t41-,42-,43+,44+,45-,46-,47+,48+,49+,50+,51+,52+,57+,58+,59+,60+,61?,62?,63?,64?/m0/s1. The minimum absolute atomic E-state index is 0.0143. The molecule has 6 fully saturated rings. The Morgan fingerprint density at radius 1 is 0.487 bits per heavy atom. The molecule has 0 amide bonds. The molecule has 14 rings (SSSR count). The van der Waals surface area contributed by atoms with Gasteiger partial charge in [-0.1, -0.05) is 153 Å². The third kappa shape index (κ3) is 7.04. The van der Waals surface area contributed by atoms with Crippen molar-refractivity contribution < 1.29 is 10.2 Å². The molecule has 12 aliphatic rings. The van der Waals surface area contributed by atoms with Gasteiger partial charge in [-0.05, 0) is 159 Å². The van der Waals surface area contributed by atoms with Crippen molar-refractivity contribution >= 4 is 21.6 Å². The van der Waals surface area contributed by atoms with E-state index >= 15 is 19.2 Å². The molecule has 78 heavy (non-hydrogen) atoms. The van der Waals surface area contributed by atoms with Gasteiger partial charge in [-0.15, -0.1) is 0 Å². The normalized spacial score (nSPS) is 44.1. The Balaban J connectivity index is 0.812. The molecule has 8 aliphatic carbocycles. The molecule has 0 saturated heterocycles. The van der Waals surface area contributed by atoms with Crippen molar-refractivity contribution in [2.75, 3.05) is 11.5 Å². The second kappa shape index (κ2) is 18.8. The maximum atomic E-state index is 15.4. The van der Waals surface area contributed by atoms with Crippen LogP contribution in [0.4, 0.5) is 0 Å². The minimum Gasteiger partial charge on any atom is -0.393 e. The van der Waals surface area contributed by atoms with Crippen LogP contribution < -0.4 is 22.8 Å². The first-order chi connectivity index (χ1) is 36.9. The van der Waals surface area contributed by atoms with Gasteiger partial charge in [0.1, 0.15) is 0 Å². The van der Waals surface area contributed by atoms with Crippen molar-refractivity contribution in [2.45, 2.75) is 220 Å². The van der Waals surface area contributed by atoms with Crippen LogP contribution in [0.15, 0.2) is 67.8 Å². The molecule has 4 aliphatic heterocycles. The number of fused-ring (bicyclic) bond motifs is 2. The molecular weight excluding hydrogens is 1010 g/mol. The molecule has 4 unspecified atom stereocenters. The zero-order valence-corrected chi connectivity index (χ0v) is 51.1. The summed E-state index contributed by atoms with van der Waals surface area (Å²) in [6, 6.07) is 0. The van der Waals surface area contributed by atoms with Crippen LogP contribution in [0, 0.1) is 92.7 Å². The lowest BCUT2D eigenvalue weighted by Gasteiger charge is -2.71. The summed E-state index contributed by atoms with van der Waals surface area (Å²) in [6.07, 6.45) is 30.3. The SMILES string of the molecule is CC(C)[C@@H](C)/C=C/[C@@H](C)[C@H]1CC[C@H]2C34C=CC5(C[C@@H](O)CC[C@]5(C)[C@H]3CC[C@]12C)n1c(=O)n(CCSSCCn2c(=O)n3n(c2=O)C25C=CC36[C@@H]3CC[C@H]([C@H](C)/C=C/[C@H](C)C(C)C)[C@@]3(C)CC[C@@H]6[C@@]2(C)CC[C@H](O)C5)c(=O)n14. The number of aliphatic hydroxyl groups is 2. The Morgan fingerprint density at radius 3 is 1.23 bits per heavy atom. The molecule has 2 aromatic heterocycles. The smallest absolute Gasteiger partial charge is 0.348 e. The fourth-order valence-corrected chi connectivity index (χ4v) is 23.2. The Morgan fingerprint density at radius 2 is 0.859 bits per heavy atom. The van der Waals surface area contributed by atoms with E-state index in [2.05, 4.69) is 132 Å². The molecule has 6 heterocycles. The summed E-state index contributed by atoms with van der Waals surface area (Å²) in [4.78, 5) is 61.1. The number of hydrogen-bond donors (Lipinski definition) is 2. The largest absolute Gasteiger partial charge is 0.393 e. The van der Waals surface area contributed by atoms with E-state index in [0.717, 1.165) is 64.2 Å². The molecule has 2 aromatic rings. The molecule has 2 N–H and O–H groups in total. The predicted octanol–water partition coefficient (Wildman–Crippen LogP) is 10.9. The van der Waals surface area contributed by atoms with Crippen molar-refractivity contribution in [3.8, 4) is 0 Å². The molecule has 4 spiro atoms. The van der Waals surface area contributed by atoms with Gasteiger partial charge >= 0.3 is 22.8 Å². The molecule has 14 heteroatoms. The van der Waals surface area contributed by atoms with Gasteiger partial charge in [0.2, 0.25) is 0 Å². The van der Waals surface area contributed by atoms with Gasteiger partial charge in [0.15, 0.2) is 0 Å². The fourth-order valence-electron chi connectivity index (χ4n) is 21.3. The number of aromatic nitrogens is 6. The maximum Gasteiger partial charge on any atom is 0.348 e. The highest BCUT2D eigenvalue weighted by Crippen LogP contribution is 2.76. The van der Waals surface area contributed by atoms with Crippen LogP contribution in [0.5, 0.6) is 0 Å². The van der Waals surface area contributed by atoms with E-state index in [1.165, 1.54) is 9.13 Å². The molecule has 6 saturated carbocycles. The van der Waals surface area contributed by atoms with Gasteiger partial charge in [-0.3, -0.25) is 0 Å². The first kappa shape index (κ1) is 55.6. The molecular formula is C64H96N6O6S2. The van der Waals surface area contributed by atoms with Gasteiger partial charge in [-0.25, -0.2) is 47.0 Å². The van der Waals surface area contributed by atoms with Crippen LogP contribution in [-0.4, -0.2) is 61.8 Å². The van der Waals surface area contributed by atoms with Crippen molar-refractivity contribution in [3.63, 3.8) is 0 Å². The average molecular weight is 1110 g/mol. The van der Waals surface area contributed by atoms with Crippen molar-refractivity contribution in [3.05, 3.63) is 90.5 Å². The zero-order chi connectivity index (χ0) is 55.7. The topological polar surface area (TPSA) is 138 Å². The van der Waals surface area contributed by atoms with Gasteiger partial charge in [0, 0.05) is 48.3 Å². The predicted molar refractivity (Wildman–Crippen MR) is 316 cm³/mol. The summed E-state index contributed by atoms with van der Waals surface area (Å²) < 4.78 is 10.6. The number of aliphatic hydroxyl groups excluding tert-OH is 2. The van der Waals surface area contributed by atoms with Crippen LogP contribution in [0.25, 0.3) is 0 Å². The van der Waals surface area contributed by atoms with Crippen LogP contribution >= 0.6 is 21.6 Å². The number of allylic oxidation sites excluding steroid dienone is 8. The summed E-state index contributed by atoms with van der Waals surface area (Å²) in [7, 11) is 3.17. The lowest BCUT2D eigenvalue weighted by atomic mass is 9.40.